The number of halogens is 1. The lowest BCUT2D eigenvalue weighted by Crippen LogP contribution is -2.50. The number of carbonyl (C=O) groups is 1. The zero-order chi connectivity index (χ0) is 19.4. The fourth-order valence-corrected chi connectivity index (χ4v) is 3.06. The van der Waals surface area contributed by atoms with Gasteiger partial charge in [0.2, 0.25) is 5.75 Å². The van der Waals surface area contributed by atoms with Crippen LogP contribution in [0.2, 0.25) is 0 Å². The lowest BCUT2D eigenvalue weighted by atomic mass is 10.1. The predicted octanol–water partition coefficient (Wildman–Crippen LogP) is 1.31. The number of nitrogens with zero attached hydrogens (tertiary/aromatic N) is 4. The number of aryl methyl sites for hydroxylation is 1. The molecule has 1 N–H and O–H groups in total. The summed E-state index contributed by atoms with van der Waals surface area (Å²) < 4.78 is 12.5. The third-order valence-electron chi connectivity index (χ3n) is 4.43. The molecule has 28 heavy (non-hydrogen) atoms. The number of hydrogen-bond donors (Lipinski definition) is 1. The first-order valence-corrected chi connectivity index (χ1v) is 8.44. The second-order valence-electron chi connectivity index (χ2n) is 6.08. The van der Waals surface area contributed by atoms with Crippen molar-refractivity contribution in [2.24, 2.45) is 7.05 Å². The minimum absolute atomic E-state index is 0. The van der Waals surface area contributed by atoms with Gasteiger partial charge in [0.05, 0.1) is 12.0 Å². The molecular weight excluding hydrogens is 390 g/mol. The van der Waals surface area contributed by atoms with E-state index in [-0.39, 0.29) is 42.4 Å². The van der Waals surface area contributed by atoms with E-state index in [1.165, 1.54) is 25.3 Å². The number of nitrogens with one attached hydrogen (secondary N) is 1. The van der Waals surface area contributed by atoms with Crippen molar-refractivity contribution in [1.29, 1.82) is 0 Å². The van der Waals surface area contributed by atoms with E-state index in [0.717, 1.165) is 5.82 Å². The molecule has 2 aromatic rings. The molecule has 0 saturated carbocycles. The number of nitro benzene ring substituents is 1. The summed E-state index contributed by atoms with van der Waals surface area (Å²) in [5.41, 5.74) is -0.159. The van der Waals surface area contributed by atoms with E-state index >= 15 is 0 Å². The number of carbonyl (C=O) groups excluding carboxylic acids is 1. The first-order chi connectivity index (χ1) is 13.0. The topological polar surface area (TPSA) is 112 Å². The molecule has 0 aliphatic carbocycles. The van der Waals surface area contributed by atoms with Gasteiger partial charge in [-0.15, -0.1) is 12.4 Å². The maximum absolute atomic E-state index is 12.7. The van der Waals surface area contributed by atoms with Crippen molar-refractivity contribution in [2.75, 3.05) is 33.4 Å². The van der Waals surface area contributed by atoms with Crippen molar-refractivity contribution >= 4 is 24.0 Å². The van der Waals surface area contributed by atoms with Crippen LogP contribution in [0.3, 0.4) is 0 Å². The van der Waals surface area contributed by atoms with Crippen LogP contribution in [0.15, 0.2) is 30.6 Å². The van der Waals surface area contributed by atoms with Crippen molar-refractivity contribution in [1.82, 2.24) is 19.8 Å². The number of piperazine rings is 1. The largest absolute Gasteiger partial charge is 0.490 e. The summed E-state index contributed by atoms with van der Waals surface area (Å²) in [6.45, 7) is 1.67. The van der Waals surface area contributed by atoms with Gasteiger partial charge in [-0.1, -0.05) is 0 Å². The van der Waals surface area contributed by atoms with Crippen LogP contribution in [0, 0.1) is 10.1 Å². The van der Waals surface area contributed by atoms with E-state index < -0.39 is 4.92 Å². The summed E-state index contributed by atoms with van der Waals surface area (Å²) in [6, 6.07) is 3.96. The number of rotatable bonds is 6. The second kappa shape index (κ2) is 9.38. The van der Waals surface area contributed by atoms with E-state index in [9.17, 15) is 14.9 Å². The Kier molecular flexibility index (Phi) is 7.18. The SMILES string of the molecule is COc1cc(OCC(=O)N2CCNCC2c2nccn2C)ccc1[N+](=O)[O-].Cl. The normalized spacial score (nSPS) is 16.2. The Balaban J connectivity index is 0.00000280. The maximum atomic E-state index is 12.7. The summed E-state index contributed by atoms with van der Waals surface area (Å²) >= 11 is 0. The molecule has 3 rings (SSSR count). The van der Waals surface area contributed by atoms with Gasteiger partial charge in [-0.25, -0.2) is 4.98 Å². The average Bonchev–Trinajstić information content (AvgIpc) is 3.11. The summed E-state index contributed by atoms with van der Waals surface area (Å²) in [7, 11) is 3.23. The monoisotopic (exact) mass is 411 g/mol. The minimum atomic E-state index is -0.536. The molecule has 0 spiro atoms. The number of benzene rings is 1. The van der Waals surface area contributed by atoms with Gasteiger partial charge in [0.25, 0.3) is 5.91 Å². The molecule has 152 valence electrons. The van der Waals surface area contributed by atoms with E-state index in [2.05, 4.69) is 10.3 Å². The second-order valence-corrected chi connectivity index (χ2v) is 6.08. The van der Waals surface area contributed by atoms with Crippen LogP contribution >= 0.6 is 12.4 Å². The average molecular weight is 412 g/mol. The van der Waals surface area contributed by atoms with Crippen molar-refractivity contribution < 1.29 is 19.2 Å². The van der Waals surface area contributed by atoms with E-state index in [0.29, 0.717) is 25.4 Å². The lowest BCUT2D eigenvalue weighted by Gasteiger charge is -2.35. The van der Waals surface area contributed by atoms with E-state index in [1.54, 1.807) is 11.1 Å². The molecular formula is C17H22ClN5O5. The van der Waals surface area contributed by atoms with Gasteiger partial charge in [-0.2, -0.15) is 0 Å². The van der Waals surface area contributed by atoms with Gasteiger partial charge in [-0.05, 0) is 6.07 Å². The molecule has 0 radical (unpaired) electrons. The van der Waals surface area contributed by atoms with Crippen LogP contribution < -0.4 is 14.8 Å². The van der Waals surface area contributed by atoms with Gasteiger partial charge in [0.15, 0.2) is 6.61 Å². The molecule has 1 aliphatic rings. The third-order valence-corrected chi connectivity index (χ3v) is 4.43. The molecule has 1 aromatic heterocycles. The Morgan fingerprint density at radius 2 is 2.25 bits per heavy atom. The molecule has 1 fully saturated rings. The van der Waals surface area contributed by atoms with Crippen LogP contribution in [0.5, 0.6) is 11.5 Å². The minimum Gasteiger partial charge on any atom is -0.490 e. The number of ether oxygens (including phenoxy) is 2. The highest BCUT2D eigenvalue weighted by Gasteiger charge is 2.30. The van der Waals surface area contributed by atoms with Crippen molar-refractivity contribution in [3.8, 4) is 11.5 Å². The molecule has 1 aliphatic heterocycles. The lowest BCUT2D eigenvalue weighted by molar-refractivity contribution is -0.385. The highest BCUT2D eigenvalue weighted by Crippen LogP contribution is 2.31. The van der Waals surface area contributed by atoms with Crippen LogP contribution in [-0.2, 0) is 11.8 Å². The fourth-order valence-electron chi connectivity index (χ4n) is 3.06. The van der Waals surface area contributed by atoms with E-state index in [4.69, 9.17) is 9.47 Å². The number of methoxy groups -OCH3 is 1. The molecule has 0 bridgehead atoms. The fraction of sp³-hybridized carbons (Fsp3) is 0.412. The van der Waals surface area contributed by atoms with Gasteiger partial charge in [0, 0.05) is 51.2 Å². The van der Waals surface area contributed by atoms with E-state index in [1.807, 2.05) is 17.8 Å². The van der Waals surface area contributed by atoms with Crippen LogP contribution in [0.1, 0.15) is 11.9 Å². The molecule has 11 heteroatoms. The summed E-state index contributed by atoms with van der Waals surface area (Å²) in [4.78, 5) is 29.2. The van der Waals surface area contributed by atoms with Gasteiger partial charge in [-0.3, -0.25) is 14.9 Å². The molecule has 2 heterocycles. The Bertz CT molecular complexity index is 843. The zero-order valence-corrected chi connectivity index (χ0v) is 16.3. The number of hydrogen-bond acceptors (Lipinski definition) is 7. The van der Waals surface area contributed by atoms with Gasteiger partial charge >= 0.3 is 5.69 Å². The molecule has 1 atom stereocenters. The zero-order valence-electron chi connectivity index (χ0n) is 15.5. The molecule has 1 unspecified atom stereocenters. The van der Waals surface area contributed by atoms with Gasteiger partial charge in [0.1, 0.15) is 17.6 Å². The predicted molar refractivity (Wildman–Crippen MR) is 103 cm³/mol. The number of imidazole rings is 1. The maximum Gasteiger partial charge on any atom is 0.311 e. The highest BCUT2D eigenvalue weighted by molar-refractivity contribution is 5.85. The summed E-state index contributed by atoms with van der Waals surface area (Å²) in [5.74, 6) is 1.03. The number of aromatic nitrogens is 2. The standard InChI is InChI=1S/C17H21N5O5.ClH/c1-20-7-6-19-17(20)14-10-18-5-8-21(14)16(23)11-27-12-3-4-13(22(24)25)15(9-12)26-2;/h3-4,6-7,9,14,18H,5,8,10-11H2,1-2H3;1H. The number of nitro groups is 1. The van der Waals surface area contributed by atoms with Crippen LogP contribution in [0.4, 0.5) is 5.69 Å². The van der Waals surface area contributed by atoms with Crippen molar-refractivity contribution in [3.05, 3.63) is 46.5 Å². The van der Waals surface area contributed by atoms with Crippen molar-refractivity contribution in [3.63, 3.8) is 0 Å². The van der Waals surface area contributed by atoms with Crippen LogP contribution in [-0.4, -0.2) is 58.6 Å². The molecule has 1 saturated heterocycles. The number of amides is 1. The Morgan fingerprint density at radius 1 is 1.46 bits per heavy atom. The smallest absolute Gasteiger partial charge is 0.311 e. The highest BCUT2D eigenvalue weighted by atomic mass is 35.5. The molecule has 1 aromatic carbocycles. The summed E-state index contributed by atoms with van der Waals surface area (Å²) in [5, 5.41) is 14.2. The Hall–Kier alpha value is -2.85. The van der Waals surface area contributed by atoms with Crippen molar-refractivity contribution in [2.45, 2.75) is 6.04 Å². The van der Waals surface area contributed by atoms with Gasteiger partial charge < -0.3 is 24.3 Å². The molecule has 1 amide bonds. The summed E-state index contributed by atoms with van der Waals surface area (Å²) in [6.07, 6.45) is 3.54. The first kappa shape index (κ1) is 21.5. The quantitative estimate of drug-likeness (QED) is 0.563. The third kappa shape index (κ3) is 4.52. The first-order valence-electron chi connectivity index (χ1n) is 8.44. The molecule has 10 nitrogen and oxygen atoms in total. The Labute approximate surface area is 168 Å². The Morgan fingerprint density at radius 3 is 2.89 bits per heavy atom. The van der Waals surface area contributed by atoms with Crippen LogP contribution in [0.25, 0.3) is 0 Å².